The minimum Gasteiger partial charge on any atom is -0.497 e. The zero-order valence-electron chi connectivity index (χ0n) is 16.3. The Balaban J connectivity index is 1.49. The molecular weight excluding hydrogens is 354 g/mol. The summed E-state index contributed by atoms with van der Waals surface area (Å²) in [4.78, 5) is 19.0. The van der Waals surface area contributed by atoms with E-state index in [2.05, 4.69) is 10.1 Å². The van der Waals surface area contributed by atoms with Gasteiger partial charge in [-0.1, -0.05) is 47.1 Å². The molecule has 0 radical (unpaired) electrons. The number of hydrogen-bond acceptors (Lipinski definition) is 5. The van der Waals surface area contributed by atoms with E-state index >= 15 is 0 Å². The molecule has 2 heterocycles. The molecule has 1 fully saturated rings. The van der Waals surface area contributed by atoms with Crippen molar-refractivity contribution >= 4 is 5.91 Å². The van der Waals surface area contributed by atoms with E-state index in [1.165, 1.54) is 5.56 Å². The Bertz CT molecular complexity index is 963. The Morgan fingerprint density at radius 3 is 2.54 bits per heavy atom. The second kappa shape index (κ2) is 7.46. The van der Waals surface area contributed by atoms with Crippen molar-refractivity contribution in [2.75, 3.05) is 13.7 Å². The van der Waals surface area contributed by atoms with Gasteiger partial charge in [0.05, 0.1) is 19.1 Å². The Morgan fingerprint density at radius 1 is 1.14 bits per heavy atom. The molecule has 28 heavy (non-hydrogen) atoms. The van der Waals surface area contributed by atoms with Crippen molar-refractivity contribution in [3.8, 4) is 17.1 Å². The number of aryl methyl sites for hydroxylation is 1. The highest BCUT2D eigenvalue weighted by atomic mass is 16.5. The van der Waals surface area contributed by atoms with Gasteiger partial charge in [-0.15, -0.1) is 0 Å². The monoisotopic (exact) mass is 377 g/mol. The highest BCUT2D eigenvalue weighted by Gasteiger charge is 2.37. The normalized spacial score (nSPS) is 17.8. The van der Waals surface area contributed by atoms with Gasteiger partial charge >= 0.3 is 0 Å². The lowest BCUT2D eigenvalue weighted by atomic mass is 10.1. The molecule has 2 unspecified atom stereocenters. The second-order valence-electron chi connectivity index (χ2n) is 7.22. The highest BCUT2D eigenvalue weighted by molar-refractivity contribution is 5.80. The van der Waals surface area contributed by atoms with Crippen LogP contribution in [-0.4, -0.2) is 34.6 Å². The molecular formula is C22H23N3O3. The molecule has 0 spiro atoms. The molecule has 1 saturated heterocycles. The van der Waals surface area contributed by atoms with Crippen LogP contribution in [0.15, 0.2) is 53.1 Å². The van der Waals surface area contributed by atoms with Crippen LogP contribution in [0.4, 0.5) is 0 Å². The number of hydrogen-bond donors (Lipinski definition) is 0. The van der Waals surface area contributed by atoms with Gasteiger partial charge in [0.2, 0.25) is 17.6 Å². The zero-order valence-corrected chi connectivity index (χ0v) is 16.3. The molecule has 0 N–H and O–H groups in total. The fraction of sp³-hybridized carbons (Fsp3) is 0.318. The van der Waals surface area contributed by atoms with Gasteiger partial charge in [0.1, 0.15) is 5.75 Å². The van der Waals surface area contributed by atoms with Gasteiger partial charge in [-0.05, 0) is 31.5 Å². The van der Waals surface area contributed by atoms with E-state index in [4.69, 9.17) is 9.26 Å². The van der Waals surface area contributed by atoms with Crippen molar-refractivity contribution in [3.05, 3.63) is 65.5 Å². The van der Waals surface area contributed by atoms with Crippen LogP contribution in [0.5, 0.6) is 5.75 Å². The van der Waals surface area contributed by atoms with Gasteiger partial charge in [-0.25, -0.2) is 0 Å². The molecule has 4 rings (SSSR count). The van der Waals surface area contributed by atoms with Crippen LogP contribution < -0.4 is 4.74 Å². The van der Waals surface area contributed by atoms with Gasteiger partial charge in [0.25, 0.3) is 0 Å². The SMILES string of the molecule is COc1ccc(C(C)N2CC(c3nc(-c4ccc(C)cc4)no3)CC2=O)cc1. The third-order valence-corrected chi connectivity index (χ3v) is 5.32. The molecule has 2 aromatic carbocycles. The maximum absolute atomic E-state index is 12.6. The summed E-state index contributed by atoms with van der Waals surface area (Å²) in [6, 6.07) is 15.8. The van der Waals surface area contributed by atoms with E-state index in [-0.39, 0.29) is 17.9 Å². The van der Waals surface area contributed by atoms with Crippen LogP contribution in [0.25, 0.3) is 11.4 Å². The van der Waals surface area contributed by atoms with E-state index < -0.39 is 0 Å². The van der Waals surface area contributed by atoms with Crippen molar-refractivity contribution in [3.63, 3.8) is 0 Å². The number of benzene rings is 2. The predicted octanol–water partition coefficient (Wildman–Crippen LogP) is 4.13. The molecule has 1 aliphatic rings. The van der Waals surface area contributed by atoms with Crippen LogP contribution in [0.1, 0.15) is 42.3 Å². The largest absolute Gasteiger partial charge is 0.497 e. The molecule has 2 atom stereocenters. The van der Waals surface area contributed by atoms with Crippen molar-refractivity contribution in [1.82, 2.24) is 15.0 Å². The number of nitrogens with zero attached hydrogens (tertiary/aromatic N) is 3. The van der Waals surface area contributed by atoms with Crippen LogP contribution in [0.2, 0.25) is 0 Å². The Labute approximate surface area is 164 Å². The summed E-state index contributed by atoms with van der Waals surface area (Å²) >= 11 is 0. The molecule has 1 aromatic heterocycles. The quantitative estimate of drug-likeness (QED) is 0.669. The molecule has 0 saturated carbocycles. The zero-order chi connectivity index (χ0) is 19.7. The van der Waals surface area contributed by atoms with Crippen LogP contribution in [-0.2, 0) is 4.79 Å². The summed E-state index contributed by atoms with van der Waals surface area (Å²) in [5, 5.41) is 4.10. The van der Waals surface area contributed by atoms with Crippen LogP contribution in [0.3, 0.4) is 0 Å². The standard InChI is InChI=1S/C22H23N3O3/c1-14-4-6-17(7-5-14)21-23-22(28-24-21)18-12-20(26)25(13-18)15(2)16-8-10-19(27-3)11-9-16/h4-11,15,18H,12-13H2,1-3H3. The van der Waals surface area contributed by atoms with E-state index in [9.17, 15) is 4.79 Å². The lowest BCUT2D eigenvalue weighted by Gasteiger charge is -2.25. The number of ether oxygens (including phenoxy) is 1. The van der Waals surface area contributed by atoms with Crippen molar-refractivity contribution in [1.29, 1.82) is 0 Å². The number of amides is 1. The fourth-order valence-electron chi connectivity index (χ4n) is 3.55. The van der Waals surface area contributed by atoms with E-state index in [1.54, 1.807) is 7.11 Å². The summed E-state index contributed by atoms with van der Waals surface area (Å²) in [5.41, 5.74) is 3.16. The van der Waals surface area contributed by atoms with Gasteiger partial charge in [-0.2, -0.15) is 4.98 Å². The fourth-order valence-corrected chi connectivity index (χ4v) is 3.55. The average molecular weight is 377 g/mol. The number of rotatable bonds is 5. The number of carbonyl (C=O) groups is 1. The van der Waals surface area contributed by atoms with Crippen LogP contribution >= 0.6 is 0 Å². The van der Waals surface area contributed by atoms with Crippen LogP contribution in [0, 0.1) is 6.92 Å². The molecule has 0 aliphatic carbocycles. The predicted molar refractivity (Wildman–Crippen MR) is 105 cm³/mol. The first-order valence-corrected chi connectivity index (χ1v) is 9.39. The first-order chi connectivity index (χ1) is 13.5. The molecule has 6 heteroatoms. The number of carbonyl (C=O) groups excluding carboxylic acids is 1. The molecule has 6 nitrogen and oxygen atoms in total. The smallest absolute Gasteiger partial charge is 0.232 e. The third-order valence-electron chi connectivity index (χ3n) is 5.32. The Hall–Kier alpha value is -3.15. The first-order valence-electron chi connectivity index (χ1n) is 9.39. The number of aromatic nitrogens is 2. The highest BCUT2D eigenvalue weighted by Crippen LogP contribution is 2.34. The summed E-state index contributed by atoms with van der Waals surface area (Å²) in [7, 11) is 1.64. The summed E-state index contributed by atoms with van der Waals surface area (Å²) in [5.74, 6) is 1.90. The van der Waals surface area contributed by atoms with Crippen molar-refractivity contribution < 1.29 is 14.1 Å². The summed E-state index contributed by atoms with van der Waals surface area (Å²) in [6.07, 6.45) is 0.385. The number of likely N-dealkylation sites (tertiary alicyclic amines) is 1. The third kappa shape index (κ3) is 3.50. The van der Waals surface area contributed by atoms with Crippen molar-refractivity contribution in [2.45, 2.75) is 32.2 Å². The molecule has 3 aromatic rings. The van der Waals surface area contributed by atoms with Gasteiger partial charge in [0, 0.05) is 18.5 Å². The maximum Gasteiger partial charge on any atom is 0.232 e. The Morgan fingerprint density at radius 2 is 1.86 bits per heavy atom. The minimum atomic E-state index is -0.0834. The minimum absolute atomic E-state index is 0.0251. The van der Waals surface area contributed by atoms with E-state index in [0.29, 0.717) is 24.7 Å². The summed E-state index contributed by atoms with van der Waals surface area (Å²) in [6.45, 7) is 4.64. The molecule has 0 bridgehead atoms. The molecule has 1 amide bonds. The maximum atomic E-state index is 12.6. The van der Waals surface area contributed by atoms with Crippen molar-refractivity contribution in [2.24, 2.45) is 0 Å². The number of methoxy groups -OCH3 is 1. The first kappa shape index (κ1) is 18.2. The van der Waals surface area contributed by atoms with Gasteiger partial charge in [0.15, 0.2) is 0 Å². The van der Waals surface area contributed by atoms with E-state index in [0.717, 1.165) is 16.9 Å². The van der Waals surface area contributed by atoms with E-state index in [1.807, 2.05) is 67.3 Å². The molecule has 144 valence electrons. The average Bonchev–Trinajstić information content (AvgIpc) is 3.35. The lowest BCUT2D eigenvalue weighted by molar-refractivity contribution is -0.129. The summed E-state index contributed by atoms with van der Waals surface area (Å²) < 4.78 is 10.7. The van der Waals surface area contributed by atoms with Gasteiger partial charge in [-0.3, -0.25) is 4.79 Å². The second-order valence-corrected chi connectivity index (χ2v) is 7.22. The Kier molecular flexibility index (Phi) is 4.86. The van der Waals surface area contributed by atoms with Gasteiger partial charge < -0.3 is 14.2 Å². The lowest BCUT2D eigenvalue weighted by Crippen LogP contribution is -2.28. The topological polar surface area (TPSA) is 68.5 Å². The molecule has 1 aliphatic heterocycles.